The molecule has 2 aromatic carbocycles. The molecule has 7 heteroatoms. The highest BCUT2D eigenvalue weighted by molar-refractivity contribution is 5.85. The Hall–Kier alpha value is -3.26. The van der Waals surface area contributed by atoms with Gasteiger partial charge in [0.25, 0.3) is 0 Å². The average molecular weight is 957 g/mol. The molecule has 6 saturated carbocycles. The van der Waals surface area contributed by atoms with Gasteiger partial charge in [0, 0.05) is 24.3 Å². The predicted octanol–water partition coefficient (Wildman–Crippen LogP) is 13.3. The highest BCUT2D eigenvalue weighted by Crippen LogP contribution is 2.77. The Labute approximate surface area is 421 Å². The Morgan fingerprint density at radius 3 is 2.16 bits per heavy atom. The Kier molecular flexibility index (Phi) is 13.8. The number of ether oxygens (including phenoxy) is 2. The van der Waals surface area contributed by atoms with Crippen LogP contribution in [0.2, 0.25) is 0 Å². The van der Waals surface area contributed by atoms with Crippen molar-refractivity contribution >= 4 is 11.9 Å². The van der Waals surface area contributed by atoms with Crippen molar-refractivity contribution in [3.63, 3.8) is 0 Å². The number of cyclic esters (lactones) is 1. The number of aliphatic hydroxyl groups is 3. The largest absolute Gasteiger partial charge is 0.462 e. The van der Waals surface area contributed by atoms with Crippen molar-refractivity contribution < 1.29 is 34.4 Å². The van der Waals surface area contributed by atoms with E-state index in [1.807, 2.05) is 12.2 Å². The second-order valence-electron chi connectivity index (χ2n) is 26.1. The molecule has 2 aromatic rings. The number of carbonyl (C=O) groups excluding carboxylic acids is 2. The molecular formula is C63H88O7. The quantitative estimate of drug-likeness (QED) is 0.120. The fourth-order valence-corrected chi connectivity index (χ4v) is 19.0. The van der Waals surface area contributed by atoms with Crippen molar-refractivity contribution in [2.24, 2.45) is 50.7 Å². The van der Waals surface area contributed by atoms with E-state index in [0.717, 1.165) is 56.4 Å². The number of fused-ring (bicyclic) bond motifs is 1. The van der Waals surface area contributed by atoms with Gasteiger partial charge in [0.15, 0.2) is 0 Å². The standard InChI is InChI=1S/C63H88O7/c1-45(17-16-20-47-18-8-5-9-19-47)23-35-61(67)38-37-56(3)42-52(70-46(2)64)55-57(4,32-27-53(65)63(55,61)62(56,68)36-24-48-39-54(66)69-43-48)49-25-33-58(34-26-49)40-51(60(44-58)30-14-15-31-60)41-59(28-12-7-13-29-59)50-21-10-6-11-22-50/h5-6,8-11,18-19,21-22,37-39,45,49,51-53,55,65,67-68H,7,12-17,20,23-36,40-44H2,1-4H3. The second-order valence-corrected chi connectivity index (χ2v) is 26.1. The molecule has 0 saturated heterocycles. The van der Waals surface area contributed by atoms with Gasteiger partial charge in [0.1, 0.15) is 12.7 Å². The van der Waals surface area contributed by atoms with Crippen LogP contribution in [0.5, 0.6) is 0 Å². The van der Waals surface area contributed by atoms with E-state index in [1.165, 1.54) is 102 Å². The van der Waals surface area contributed by atoms with Crippen LogP contribution in [0, 0.1) is 50.7 Å². The molecule has 0 amide bonds. The fourth-order valence-electron chi connectivity index (χ4n) is 19.0. The first kappa shape index (κ1) is 50.3. The minimum atomic E-state index is -1.59. The van der Waals surface area contributed by atoms with E-state index in [1.54, 1.807) is 11.6 Å². The minimum Gasteiger partial charge on any atom is -0.462 e. The highest BCUT2D eigenvalue weighted by Gasteiger charge is 2.82. The molecule has 3 N–H and O–H groups in total. The van der Waals surface area contributed by atoms with Gasteiger partial charge in [-0.15, -0.1) is 0 Å². The van der Waals surface area contributed by atoms with Crippen LogP contribution in [0.3, 0.4) is 0 Å². The van der Waals surface area contributed by atoms with Crippen LogP contribution in [0.4, 0.5) is 0 Å². The summed E-state index contributed by atoms with van der Waals surface area (Å²) in [5.74, 6) is 0.110. The lowest BCUT2D eigenvalue weighted by molar-refractivity contribution is -0.362. The number of rotatable bonds is 15. The van der Waals surface area contributed by atoms with Crippen molar-refractivity contribution in [2.45, 2.75) is 223 Å². The van der Waals surface area contributed by atoms with E-state index in [0.29, 0.717) is 42.4 Å². The van der Waals surface area contributed by atoms with E-state index in [2.05, 4.69) is 81.4 Å². The first-order chi connectivity index (χ1) is 33.5. The van der Waals surface area contributed by atoms with Gasteiger partial charge >= 0.3 is 11.9 Å². The second kappa shape index (κ2) is 19.2. The lowest BCUT2D eigenvalue weighted by Crippen LogP contribution is -2.83. The van der Waals surface area contributed by atoms with E-state index < -0.39 is 45.6 Å². The molecule has 7 aliphatic carbocycles. The van der Waals surface area contributed by atoms with E-state index in [4.69, 9.17) is 9.47 Å². The SMILES string of the molecule is CC(=O)OC1CC2(C)C=CC(O)(CCC(C)CCCc3ccccc3)C3(C(O)CCC(C)(C4CCC5(CC4)CC(CC4(c6ccccc6)CCCCC4)C4(CCCC4)C5)C13)C2(O)CCC1=CC(=O)OC1. The third kappa shape index (κ3) is 8.52. The number of benzene rings is 2. The molecule has 70 heavy (non-hydrogen) atoms. The van der Waals surface area contributed by atoms with E-state index >= 15 is 0 Å². The van der Waals surface area contributed by atoms with E-state index in [-0.39, 0.29) is 36.3 Å². The van der Waals surface area contributed by atoms with Gasteiger partial charge in [-0.3, -0.25) is 4.79 Å². The zero-order valence-electron chi connectivity index (χ0n) is 43.5. The summed E-state index contributed by atoms with van der Waals surface area (Å²) in [4.78, 5) is 25.8. The fraction of sp³-hybridized carbons (Fsp3) is 0.714. The summed E-state index contributed by atoms with van der Waals surface area (Å²) >= 11 is 0. The predicted molar refractivity (Wildman–Crippen MR) is 276 cm³/mol. The molecule has 1 aliphatic heterocycles. The third-order valence-corrected chi connectivity index (χ3v) is 22.3. The van der Waals surface area contributed by atoms with Crippen LogP contribution in [0.25, 0.3) is 0 Å². The first-order valence-electron chi connectivity index (χ1n) is 28.5. The third-order valence-electron chi connectivity index (χ3n) is 22.3. The smallest absolute Gasteiger partial charge is 0.331 e. The first-order valence-corrected chi connectivity index (χ1v) is 28.5. The van der Waals surface area contributed by atoms with Gasteiger partial charge in [0.2, 0.25) is 0 Å². The van der Waals surface area contributed by atoms with Crippen LogP contribution < -0.4 is 0 Å². The summed E-state index contributed by atoms with van der Waals surface area (Å²) in [6, 6.07) is 22.2. The Morgan fingerprint density at radius 2 is 1.49 bits per heavy atom. The monoisotopic (exact) mass is 957 g/mol. The van der Waals surface area contributed by atoms with Gasteiger partial charge in [-0.25, -0.2) is 4.79 Å². The van der Waals surface area contributed by atoms with Crippen LogP contribution in [-0.4, -0.2) is 57.3 Å². The molecule has 10 rings (SSSR count). The molecule has 10 unspecified atom stereocenters. The summed E-state index contributed by atoms with van der Waals surface area (Å²) in [5, 5.41) is 41.4. The maximum absolute atomic E-state index is 14.2. The molecule has 10 atom stereocenters. The van der Waals surface area contributed by atoms with Gasteiger partial charge in [0.05, 0.1) is 22.7 Å². The van der Waals surface area contributed by atoms with Gasteiger partial charge in [-0.2, -0.15) is 0 Å². The normalized spacial score (nSPS) is 39.9. The molecule has 6 fully saturated rings. The van der Waals surface area contributed by atoms with Crippen molar-refractivity contribution in [1.82, 2.24) is 0 Å². The van der Waals surface area contributed by atoms with E-state index in [9.17, 15) is 24.9 Å². The number of carbonyl (C=O) groups is 2. The molecule has 2 bridgehead atoms. The number of aliphatic hydroxyl groups excluding tert-OH is 1. The summed E-state index contributed by atoms with van der Waals surface area (Å²) in [6.07, 6.45) is 31.1. The van der Waals surface area contributed by atoms with Crippen molar-refractivity contribution in [2.75, 3.05) is 6.61 Å². The topological polar surface area (TPSA) is 113 Å². The maximum Gasteiger partial charge on any atom is 0.331 e. The molecule has 0 radical (unpaired) electrons. The molecule has 0 aromatic heterocycles. The number of hydrogen-bond donors (Lipinski definition) is 3. The number of aryl methyl sites for hydroxylation is 1. The van der Waals surface area contributed by atoms with Crippen molar-refractivity contribution in [3.8, 4) is 0 Å². The Bertz CT molecular complexity index is 2230. The number of hydrogen-bond acceptors (Lipinski definition) is 7. The molecule has 3 spiro atoms. The minimum absolute atomic E-state index is 0.193. The molecule has 8 aliphatic rings. The molecule has 382 valence electrons. The highest BCUT2D eigenvalue weighted by atomic mass is 16.5. The summed E-state index contributed by atoms with van der Waals surface area (Å²) in [5.41, 5.74) is -1.22. The molecular weight excluding hydrogens is 869 g/mol. The average Bonchev–Trinajstić information content (AvgIpc) is 4.08. The van der Waals surface area contributed by atoms with Crippen molar-refractivity contribution in [1.29, 1.82) is 0 Å². The van der Waals surface area contributed by atoms with Crippen LogP contribution >= 0.6 is 0 Å². The van der Waals surface area contributed by atoms with Gasteiger partial charge < -0.3 is 24.8 Å². The van der Waals surface area contributed by atoms with Crippen molar-refractivity contribution in [3.05, 3.63) is 95.6 Å². The Balaban J connectivity index is 0.977. The van der Waals surface area contributed by atoms with Gasteiger partial charge in [-0.05, 0) is 185 Å². The lowest BCUT2D eigenvalue weighted by atomic mass is 9.31. The van der Waals surface area contributed by atoms with Crippen LogP contribution in [0.1, 0.15) is 199 Å². The Morgan fingerprint density at radius 1 is 0.800 bits per heavy atom. The van der Waals surface area contributed by atoms with Gasteiger partial charge in [-0.1, -0.05) is 132 Å². The lowest BCUT2D eigenvalue weighted by Gasteiger charge is -2.76. The maximum atomic E-state index is 14.2. The zero-order valence-corrected chi connectivity index (χ0v) is 43.5. The molecule has 7 nitrogen and oxygen atoms in total. The molecule has 1 heterocycles. The number of esters is 2. The van der Waals surface area contributed by atoms with Crippen LogP contribution in [0.15, 0.2) is 84.5 Å². The summed E-state index contributed by atoms with van der Waals surface area (Å²) in [6.45, 7) is 8.44. The zero-order chi connectivity index (χ0) is 49.0. The summed E-state index contributed by atoms with van der Waals surface area (Å²) in [7, 11) is 0. The van der Waals surface area contributed by atoms with Crippen LogP contribution in [-0.2, 0) is 30.9 Å². The summed E-state index contributed by atoms with van der Waals surface area (Å²) < 4.78 is 12.0.